The number of hydrogen-bond donors (Lipinski definition) is 1. The monoisotopic (exact) mass is 300 g/mol. The highest BCUT2D eigenvalue weighted by atomic mass is 16.5. The van der Waals surface area contributed by atoms with Crippen molar-refractivity contribution in [2.75, 3.05) is 13.2 Å². The first-order valence-corrected chi connectivity index (χ1v) is 7.18. The van der Waals surface area contributed by atoms with Crippen LogP contribution in [0.15, 0.2) is 12.2 Å². The fraction of sp³-hybridized carbons (Fsp3) is 0.667. The van der Waals surface area contributed by atoms with E-state index < -0.39 is 23.8 Å². The Hall–Kier alpha value is -1.85. The van der Waals surface area contributed by atoms with Crippen molar-refractivity contribution in [3.8, 4) is 0 Å². The highest BCUT2D eigenvalue weighted by Crippen LogP contribution is 2.17. The third kappa shape index (κ3) is 8.12. The lowest BCUT2D eigenvalue weighted by atomic mass is 9.97. The van der Waals surface area contributed by atoms with Gasteiger partial charge in [0.25, 0.3) is 0 Å². The molecule has 0 aliphatic rings. The summed E-state index contributed by atoms with van der Waals surface area (Å²) in [5.74, 6) is -3.89. The Labute approximate surface area is 125 Å². The van der Waals surface area contributed by atoms with Gasteiger partial charge in [0.1, 0.15) is 0 Å². The van der Waals surface area contributed by atoms with Gasteiger partial charge in [0, 0.05) is 5.57 Å². The van der Waals surface area contributed by atoms with Crippen LogP contribution >= 0.6 is 0 Å². The van der Waals surface area contributed by atoms with Crippen LogP contribution < -0.4 is 0 Å². The topological polar surface area (TPSA) is 89.9 Å². The first-order chi connectivity index (χ1) is 9.93. The van der Waals surface area contributed by atoms with Gasteiger partial charge in [-0.1, -0.05) is 33.3 Å². The Kier molecular flexibility index (Phi) is 9.92. The van der Waals surface area contributed by atoms with Gasteiger partial charge >= 0.3 is 17.9 Å². The van der Waals surface area contributed by atoms with E-state index in [2.05, 4.69) is 6.58 Å². The van der Waals surface area contributed by atoms with Crippen LogP contribution in [0.3, 0.4) is 0 Å². The molecule has 1 unspecified atom stereocenters. The number of hydrogen-bond acceptors (Lipinski definition) is 5. The molecule has 0 bridgehead atoms. The number of carbonyl (C=O) groups is 3. The van der Waals surface area contributed by atoms with Crippen molar-refractivity contribution in [2.24, 2.45) is 5.92 Å². The number of unbranched alkanes of at least 4 members (excludes halogenated alkanes) is 2. The minimum absolute atomic E-state index is 0.198. The van der Waals surface area contributed by atoms with Gasteiger partial charge in [-0.3, -0.25) is 9.59 Å². The summed E-state index contributed by atoms with van der Waals surface area (Å²) in [5.41, 5.74) is -0.357. The van der Waals surface area contributed by atoms with Crippen LogP contribution in [-0.4, -0.2) is 36.2 Å². The number of carboxylic acids is 1. The standard InChI is InChI=1S/C15H24O6/c1-4-6-8-20-13(16)10-12(11(3)14(17)18)15(19)21-9-7-5-2/h12H,3-10H2,1-2H3,(H,17,18). The van der Waals surface area contributed by atoms with Crippen molar-refractivity contribution in [1.82, 2.24) is 0 Å². The van der Waals surface area contributed by atoms with Crippen LogP contribution in [0.4, 0.5) is 0 Å². The van der Waals surface area contributed by atoms with Crippen LogP contribution in [0.5, 0.6) is 0 Å². The SMILES string of the molecule is C=C(C(=O)O)C(CC(=O)OCCCC)C(=O)OCCCC. The lowest BCUT2D eigenvalue weighted by Crippen LogP contribution is -2.27. The number of carboxylic acid groups (broad SMARTS) is 1. The van der Waals surface area contributed by atoms with Crippen LogP contribution in [-0.2, 0) is 23.9 Å². The molecule has 0 saturated carbocycles. The van der Waals surface area contributed by atoms with Gasteiger partial charge in [0.05, 0.1) is 25.6 Å². The van der Waals surface area contributed by atoms with E-state index in [1.165, 1.54) is 0 Å². The molecular weight excluding hydrogens is 276 g/mol. The molecular formula is C15H24O6. The number of carbonyl (C=O) groups excluding carboxylic acids is 2. The second-order valence-corrected chi connectivity index (χ2v) is 4.68. The van der Waals surface area contributed by atoms with Gasteiger partial charge < -0.3 is 14.6 Å². The van der Waals surface area contributed by atoms with E-state index in [4.69, 9.17) is 14.6 Å². The first kappa shape index (κ1) is 19.1. The molecule has 0 amide bonds. The van der Waals surface area contributed by atoms with E-state index in [1.807, 2.05) is 13.8 Å². The van der Waals surface area contributed by atoms with Gasteiger partial charge in [-0.15, -0.1) is 0 Å². The quantitative estimate of drug-likeness (QED) is 0.358. The first-order valence-electron chi connectivity index (χ1n) is 7.18. The predicted octanol–water partition coefficient (Wildman–Crippen LogP) is 2.32. The Morgan fingerprint density at radius 3 is 2.05 bits per heavy atom. The average Bonchev–Trinajstić information content (AvgIpc) is 2.44. The predicted molar refractivity (Wildman–Crippen MR) is 76.6 cm³/mol. The minimum atomic E-state index is -1.33. The molecule has 0 heterocycles. The Morgan fingerprint density at radius 1 is 1.05 bits per heavy atom. The fourth-order valence-electron chi connectivity index (χ4n) is 1.47. The van der Waals surface area contributed by atoms with Crippen LogP contribution in [0.25, 0.3) is 0 Å². The summed E-state index contributed by atoms with van der Waals surface area (Å²) < 4.78 is 9.91. The maximum Gasteiger partial charge on any atom is 0.331 e. The number of aliphatic carboxylic acids is 1. The molecule has 120 valence electrons. The number of ether oxygens (including phenoxy) is 2. The van der Waals surface area contributed by atoms with Crippen molar-refractivity contribution in [3.63, 3.8) is 0 Å². The summed E-state index contributed by atoms with van der Waals surface area (Å²) in [6, 6.07) is 0. The van der Waals surface area contributed by atoms with Crippen molar-refractivity contribution >= 4 is 17.9 Å². The minimum Gasteiger partial charge on any atom is -0.478 e. The van der Waals surface area contributed by atoms with E-state index in [0.29, 0.717) is 6.42 Å². The molecule has 6 heteroatoms. The Morgan fingerprint density at radius 2 is 1.57 bits per heavy atom. The molecule has 0 fully saturated rings. The summed E-state index contributed by atoms with van der Waals surface area (Å²) in [7, 11) is 0. The molecule has 0 saturated heterocycles. The van der Waals surface area contributed by atoms with Crippen molar-refractivity contribution in [1.29, 1.82) is 0 Å². The highest BCUT2D eigenvalue weighted by Gasteiger charge is 2.30. The molecule has 0 radical (unpaired) electrons. The van der Waals surface area contributed by atoms with E-state index in [1.54, 1.807) is 0 Å². The van der Waals surface area contributed by atoms with Gasteiger partial charge in [-0.25, -0.2) is 4.79 Å². The van der Waals surface area contributed by atoms with Crippen LogP contribution in [0, 0.1) is 5.92 Å². The summed E-state index contributed by atoms with van der Waals surface area (Å²) >= 11 is 0. The Bertz CT molecular complexity index is 374. The lowest BCUT2D eigenvalue weighted by Gasteiger charge is -2.15. The van der Waals surface area contributed by atoms with Gasteiger partial charge in [0.15, 0.2) is 0 Å². The van der Waals surface area contributed by atoms with Crippen LogP contribution in [0.2, 0.25) is 0 Å². The zero-order valence-electron chi connectivity index (χ0n) is 12.7. The third-order valence-corrected chi connectivity index (χ3v) is 2.85. The second-order valence-electron chi connectivity index (χ2n) is 4.68. The van der Waals surface area contributed by atoms with Crippen LogP contribution in [0.1, 0.15) is 46.0 Å². The summed E-state index contributed by atoms with van der Waals surface area (Å²) in [6.45, 7) is 7.69. The second kappa shape index (κ2) is 10.9. The number of esters is 2. The smallest absolute Gasteiger partial charge is 0.331 e. The van der Waals surface area contributed by atoms with Gasteiger partial charge in [0.2, 0.25) is 0 Å². The molecule has 0 rings (SSSR count). The maximum absolute atomic E-state index is 11.9. The van der Waals surface area contributed by atoms with Gasteiger partial charge in [-0.05, 0) is 12.8 Å². The van der Waals surface area contributed by atoms with Crippen molar-refractivity contribution in [3.05, 3.63) is 12.2 Å². The molecule has 0 aliphatic heterocycles. The fourth-order valence-corrected chi connectivity index (χ4v) is 1.47. The molecule has 0 aromatic carbocycles. The van der Waals surface area contributed by atoms with E-state index in [9.17, 15) is 14.4 Å². The Balaban J connectivity index is 4.59. The maximum atomic E-state index is 11.9. The molecule has 1 atom stereocenters. The lowest BCUT2D eigenvalue weighted by molar-refractivity contribution is -0.155. The molecule has 0 aromatic heterocycles. The molecule has 0 aliphatic carbocycles. The zero-order chi connectivity index (χ0) is 16.3. The largest absolute Gasteiger partial charge is 0.478 e. The molecule has 21 heavy (non-hydrogen) atoms. The summed E-state index contributed by atoms with van der Waals surface area (Å²) in [5, 5.41) is 8.94. The normalized spacial score (nSPS) is 11.5. The molecule has 0 aromatic rings. The average molecular weight is 300 g/mol. The van der Waals surface area contributed by atoms with E-state index >= 15 is 0 Å². The highest BCUT2D eigenvalue weighted by molar-refractivity contribution is 5.95. The molecule has 6 nitrogen and oxygen atoms in total. The molecule has 0 spiro atoms. The van der Waals surface area contributed by atoms with E-state index in [-0.39, 0.29) is 25.2 Å². The summed E-state index contributed by atoms with van der Waals surface area (Å²) in [4.78, 5) is 34.5. The summed E-state index contributed by atoms with van der Waals surface area (Å²) in [6.07, 6.45) is 2.75. The van der Waals surface area contributed by atoms with E-state index in [0.717, 1.165) is 19.3 Å². The van der Waals surface area contributed by atoms with Crippen molar-refractivity contribution < 1.29 is 29.0 Å². The molecule has 1 N–H and O–H groups in total. The number of rotatable bonds is 11. The van der Waals surface area contributed by atoms with Crippen molar-refractivity contribution in [2.45, 2.75) is 46.0 Å². The third-order valence-electron chi connectivity index (χ3n) is 2.85. The zero-order valence-corrected chi connectivity index (χ0v) is 12.7. The van der Waals surface area contributed by atoms with Gasteiger partial charge in [-0.2, -0.15) is 0 Å².